The molecule has 3 rings (SSSR count). The fourth-order valence-corrected chi connectivity index (χ4v) is 5.51. The molecule has 2 aliphatic rings. The van der Waals surface area contributed by atoms with Gasteiger partial charge in [0, 0.05) is 13.6 Å². The lowest BCUT2D eigenvalue weighted by Gasteiger charge is -2.32. The van der Waals surface area contributed by atoms with E-state index >= 15 is 0 Å². The second-order valence-corrected chi connectivity index (χ2v) is 7.88. The van der Waals surface area contributed by atoms with Crippen LogP contribution in [0.4, 0.5) is 0 Å². The van der Waals surface area contributed by atoms with Crippen molar-refractivity contribution in [2.24, 2.45) is 0 Å². The first kappa shape index (κ1) is 16.5. The Morgan fingerprint density at radius 2 is 2.09 bits per heavy atom. The van der Waals surface area contributed by atoms with E-state index in [1.807, 2.05) is 0 Å². The fraction of sp³-hybridized carbons (Fsp3) is 0.667. The summed E-state index contributed by atoms with van der Waals surface area (Å²) in [5.41, 5.74) is -1.02. The molecule has 2 heterocycles. The maximum Gasteiger partial charge on any atom is 0.281 e. The SMILES string of the molecule is CNC(=O)C1(NS(=O)(=O)N2CCCC2c2ccco2)CCCC1. The molecule has 1 amide bonds. The zero-order chi connectivity index (χ0) is 16.5. The smallest absolute Gasteiger partial charge is 0.281 e. The van der Waals surface area contributed by atoms with Crippen molar-refractivity contribution in [1.82, 2.24) is 14.3 Å². The predicted molar refractivity (Wildman–Crippen MR) is 84.7 cm³/mol. The molecule has 1 saturated carbocycles. The number of nitrogens with zero attached hydrogens (tertiary/aromatic N) is 1. The molecule has 1 aromatic heterocycles. The van der Waals surface area contributed by atoms with Gasteiger partial charge in [0.05, 0.1) is 12.3 Å². The number of furan rings is 1. The molecule has 1 aromatic rings. The van der Waals surface area contributed by atoms with Gasteiger partial charge in [-0.25, -0.2) is 0 Å². The van der Waals surface area contributed by atoms with Crippen LogP contribution in [0.2, 0.25) is 0 Å². The molecule has 7 nitrogen and oxygen atoms in total. The quantitative estimate of drug-likeness (QED) is 0.845. The van der Waals surface area contributed by atoms with Crippen LogP contribution in [0.15, 0.2) is 22.8 Å². The lowest BCUT2D eigenvalue weighted by molar-refractivity contribution is -0.126. The molecule has 1 aliphatic heterocycles. The highest BCUT2D eigenvalue weighted by Gasteiger charge is 2.47. The summed E-state index contributed by atoms with van der Waals surface area (Å²) in [5, 5.41) is 2.60. The van der Waals surface area contributed by atoms with E-state index in [4.69, 9.17) is 4.42 Å². The van der Waals surface area contributed by atoms with E-state index in [0.29, 0.717) is 25.1 Å². The number of likely N-dealkylation sites (N-methyl/N-ethyl adjacent to an activating group) is 1. The van der Waals surface area contributed by atoms with Crippen molar-refractivity contribution in [3.8, 4) is 0 Å². The third-order valence-corrected chi connectivity index (χ3v) is 6.53. The van der Waals surface area contributed by atoms with Crippen molar-refractivity contribution in [3.05, 3.63) is 24.2 Å². The van der Waals surface area contributed by atoms with Crippen LogP contribution in [-0.4, -0.2) is 37.8 Å². The zero-order valence-electron chi connectivity index (χ0n) is 13.2. The second-order valence-electron chi connectivity index (χ2n) is 6.26. The van der Waals surface area contributed by atoms with Gasteiger partial charge in [-0.3, -0.25) is 4.79 Å². The van der Waals surface area contributed by atoms with Crippen LogP contribution in [-0.2, 0) is 15.0 Å². The zero-order valence-corrected chi connectivity index (χ0v) is 14.1. The summed E-state index contributed by atoms with van der Waals surface area (Å²) in [7, 11) is -2.23. The van der Waals surface area contributed by atoms with Gasteiger partial charge >= 0.3 is 0 Å². The normalized spacial score (nSPS) is 24.8. The monoisotopic (exact) mass is 341 g/mol. The minimum absolute atomic E-state index is 0.257. The van der Waals surface area contributed by atoms with E-state index in [0.717, 1.165) is 25.7 Å². The third-order valence-electron chi connectivity index (χ3n) is 4.83. The number of rotatable bonds is 5. The highest BCUT2D eigenvalue weighted by atomic mass is 32.2. The minimum Gasteiger partial charge on any atom is -0.468 e. The minimum atomic E-state index is -3.77. The van der Waals surface area contributed by atoms with Crippen LogP contribution >= 0.6 is 0 Å². The third kappa shape index (κ3) is 3.02. The summed E-state index contributed by atoms with van der Waals surface area (Å²) in [5.74, 6) is 0.389. The fourth-order valence-electron chi connectivity index (χ4n) is 3.69. The Bertz CT molecular complexity index is 650. The average Bonchev–Trinajstić information content (AvgIpc) is 3.25. The van der Waals surface area contributed by atoms with Crippen molar-refractivity contribution in [2.75, 3.05) is 13.6 Å². The standard InChI is InChI=1S/C15H23N3O4S/c1-16-14(19)15(8-2-3-9-15)17-23(20,21)18-10-4-6-12(18)13-7-5-11-22-13/h5,7,11-12,17H,2-4,6,8-10H2,1H3,(H,16,19). The highest BCUT2D eigenvalue weighted by Crippen LogP contribution is 2.36. The van der Waals surface area contributed by atoms with Gasteiger partial charge in [-0.1, -0.05) is 12.8 Å². The van der Waals surface area contributed by atoms with E-state index in [2.05, 4.69) is 10.0 Å². The average molecular weight is 341 g/mol. The van der Waals surface area contributed by atoms with E-state index in [1.165, 1.54) is 11.4 Å². The summed E-state index contributed by atoms with van der Waals surface area (Å²) in [6, 6.07) is 3.25. The maximum absolute atomic E-state index is 12.9. The molecule has 128 valence electrons. The summed E-state index contributed by atoms with van der Waals surface area (Å²) in [6.07, 6.45) is 5.81. The highest BCUT2D eigenvalue weighted by molar-refractivity contribution is 7.87. The predicted octanol–water partition coefficient (Wildman–Crippen LogP) is 1.31. The lowest BCUT2D eigenvalue weighted by Crippen LogP contribution is -2.59. The first-order valence-electron chi connectivity index (χ1n) is 8.05. The topological polar surface area (TPSA) is 91.7 Å². The van der Waals surface area contributed by atoms with Gasteiger partial charge in [-0.05, 0) is 37.8 Å². The Kier molecular flexibility index (Phi) is 4.48. The number of nitrogens with one attached hydrogen (secondary N) is 2. The van der Waals surface area contributed by atoms with Gasteiger partial charge in [0.15, 0.2) is 0 Å². The summed E-state index contributed by atoms with van der Waals surface area (Å²) >= 11 is 0. The first-order valence-corrected chi connectivity index (χ1v) is 9.49. The molecular weight excluding hydrogens is 318 g/mol. The Balaban J connectivity index is 1.84. The van der Waals surface area contributed by atoms with Gasteiger partial charge < -0.3 is 9.73 Å². The van der Waals surface area contributed by atoms with Crippen LogP contribution in [0.5, 0.6) is 0 Å². The number of carbonyl (C=O) groups is 1. The number of hydrogen-bond acceptors (Lipinski definition) is 4. The second kappa shape index (κ2) is 6.26. The Morgan fingerprint density at radius 3 is 2.70 bits per heavy atom. The van der Waals surface area contributed by atoms with Crippen molar-refractivity contribution in [3.63, 3.8) is 0 Å². The molecule has 1 aliphatic carbocycles. The van der Waals surface area contributed by atoms with Crippen LogP contribution in [0.3, 0.4) is 0 Å². The molecular formula is C15H23N3O4S. The van der Waals surface area contributed by atoms with E-state index in [-0.39, 0.29) is 11.9 Å². The van der Waals surface area contributed by atoms with Crippen molar-refractivity contribution >= 4 is 16.1 Å². The van der Waals surface area contributed by atoms with Crippen molar-refractivity contribution in [2.45, 2.75) is 50.1 Å². The van der Waals surface area contributed by atoms with Gasteiger partial charge in [0.1, 0.15) is 11.3 Å². The summed E-state index contributed by atoms with van der Waals surface area (Å²) in [4.78, 5) is 12.3. The molecule has 23 heavy (non-hydrogen) atoms. The molecule has 2 fully saturated rings. The van der Waals surface area contributed by atoms with Crippen LogP contribution in [0.1, 0.15) is 50.3 Å². The maximum atomic E-state index is 12.9. The van der Waals surface area contributed by atoms with E-state index in [9.17, 15) is 13.2 Å². The van der Waals surface area contributed by atoms with Gasteiger partial charge in [0.2, 0.25) is 5.91 Å². The van der Waals surface area contributed by atoms with Gasteiger partial charge in [0.25, 0.3) is 10.2 Å². The van der Waals surface area contributed by atoms with Crippen molar-refractivity contribution in [1.29, 1.82) is 0 Å². The molecule has 1 unspecified atom stereocenters. The van der Waals surface area contributed by atoms with Crippen LogP contribution < -0.4 is 10.0 Å². The lowest BCUT2D eigenvalue weighted by atomic mass is 9.98. The first-order chi connectivity index (χ1) is 11.0. The Hall–Kier alpha value is -1.38. The van der Waals surface area contributed by atoms with E-state index in [1.54, 1.807) is 18.4 Å². The molecule has 0 spiro atoms. The molecule has 8 heteroatoms. The molecule has 1 atom stereocenters. The van der Waals surface area contributed by atoms with Gasteiger partial charge in [-0.2, -0.15) is 17.4 Å². The van der Waals surface area contributed by atoms with E-state index < -0.39 is 15.7 Å². The largest absolute Gasteiger partial charge is 0.468 e. The summed E-state index contributed by atoms with van der Waals surface area (Å²) in [6.45, 7) is 0.435. The summed E-state index contributed by atoms with van der Waals surface area (Å²) < 4.78 is 35.3. The number of amides is 1. The van der Waals surface area contributed by atoms with Crippen LogP contribution in [0.25, 0.3) is 0 Å². The molecule has 0 bridgehead atoms. The molecule has 0 aromatic carbocycles. The van der Waals surface area contributed by atoms with Gasteiger partial charge in [-0.15, -0.1) is 0 Å². The molecule has 1 saturated heterocycles. The Morgan fingerprint density at radius 1 is 1.35 bits per heavy atom. The number of hydrogen-bond donors (Lipinski definition) is 2. The Labute approximate surface area is 136 Å². The number of carbonyl (C=O) groups excluding carboxylic acids is 1. The molecule has 0 radical (unpaired) electrons. The van der Waals surface area contributed by atoms with Crippen LogP contribution in [0, 0.1) is 0 Å². The molecule has 2 N–H and O–H groups in total. The van der Waals surface area contributed by atoms with Crippen molar-refractivity contribution < 1.29 is 17.6 Å².